The number of carbonyl (C=O) groups is 1. The molecule has 1 aromatic rings. The van der Waals surface area contributed by atoms with E-state index in [0.29, 0.717) is 19.0 Å². The van der Waals surface area contributed by atoms with Crippen molar-refractivity contribution in [3.63, 3.8) is 0 Å². The molecule has 6 heteroatoms. The van der Waals surface area contributed by atoms with E-state index in [2.05, 4.69) is 34.7 Å². The SMILES string of the molecule is CCNC(=O)NC(Cn1nccn1)C(C)C. The lowest BCUT2D eigenvalue weighted by molar-refractivity contribution is 0.228. The van der Waals surface area contributed by atoms with Crippen molar-refractivity contribution in [1.29, 1.82) is 0 Å². The summed E-state index contributed by atoms with van der Waals surface area (Å²) in [7, 11) is 0. The molecule has 0 saturated carbocycles. The van der Waals surface area contributed by atoms with Gasteiger partial charge in [0.2, 0.25) is 0 Å². The number of amides is 2. The molecule has 0 spiro atoms. The molecule has 1 rings (SSSR count). The van der Waals surface area contributed by atoms with Crippen molar-refractivity contribution in [2.45, 2.75) is 33.4 Å². The number of hydrogen-bond acceptors (Lipinski definition) is 3. The topological polar surface area (TPSA) is 71.8 Å². The van der Waals surface area contributed by atoms with Gasteiger partial charge in [0.15, 0.2) is 0 Å². The molecular weight excluding hydrogens is 206 g/mol. The molecule has 1 atom stereocenters. The molecule has 90 valence electrons. The number of nitrogens with zero attached hydrogens (tertiary/aromatic N) is 3. The van der Waals surface area contributed by atoms with Crippen LogP contribution in [0.15, 0.2) is 12.4 Å². The number of carbonyl (C=O) groups excluding carboxylic acids is 1. The van der Waals surface area contributed by atoms with E-state index < -0.39 is 0 Å². The van der Waals surface area contributed by atoms with E-state index in [0.717, 1.165) is 0 Å². The van der Waals surface area contributed by atoms with Crippen LogP contribution in [0.2, 0.25) is 0 Å². The summed E-state index contributed by atoms with van der Waals surface area (Å²) in [6.45, 7) is 7.21. The predicted molar refractivity (Wildman–Crippen MR) is 60.9 cm³/mol. The fraction of sp³-hybridized carbons (Fsp3) is 0.700. The summed E-state index contributed by atoms with van der Waals surface area (Å²) in [4.78, 5) is 13.0. The van der Waals surface area contributed by atoms with Crippen LogP contribution < -0.4 is 10.6 Å². The highest BCUT2D eigenvalue weighted by atomic mass is 16.2. The van der Waals surface area contributed by atoms with Crippen LogP contribution in [0.4, 0.5) is 4.79 Å². The molecule has 0 aromatic carbocycles. The summed E-state index contributed by atoms with van der Waals surface area (Å²) in [6.07, 6.45) is 3.26. The summed E-state index contributed by atoms with van der Waals surface area (Å²) < 4.78 is 0. The minimum absolute atomic E-state index is 0.0268. The van der Waals surface area contributed by atoms with E-state index in [1.54, 1.807) is 17.2 Å². The van der Waals surface area contributed by atoms with Gasteiger partial charge in [-0.2, -0.15) is 15.0 Å². The average Bonchev–Trinajstić information content (AvgIpc) is 2.69. The van der Waals surface area contributed by atoms with Crippen molar-refractivity contribution in [3.05, 3.63) is 12.4 Å². The molecule has 1 unspecified atom stereocenters. The van der Waals surface area contributed by atoms with Crippen molar-refractivity contribution < 1.29 is 4.79 Å². The Labute approximate surface area is 95.4 Å². The van der Waals surface area contributed by atoms with Crippen molar-refractivity contribution in [3.8, 4) is 0 Å². The van der Waals surface area contributed by atoms with Crippen LogP contribution in [0, 0.1) is 5.92 Å². The number of urea groups is 1. The van der Waals surface area contributed by atoms with Gasteiger partial charge in [0, 0.05) is 6.54 Å². The lowest BCUT2D eigenvalue weighted by atomic mass is 10.1. The molecule has 0 aliphatic rings. The van der Waals surface area contributed by atoms with Crippen LogP contribution >= 0.6 is 0 Å². The third kappa shape index (κ3) is 3.88. The standard InChI is InChI=1S/C10H19N5O/c1-4-11-10(16)14-9(8(2)3)7-15-12-5-6-13-15/h5-6,8-9H,4,7H2,1-3H3,(H2,11,14,16). The Hall–Kier alpha value is -1.59. The molecule has 0 aliphatic heterocycles. The lowest BCUT2D eigenvalue weighted by Gasteiger charge is -2.21. The van der Waals surface area contributed by atoms with Crippen LogP contribution in [0.25, 0.3) is 0 Å². The zero-order valence-electron chi connectivity index (χ0n) is 9.97. The van der Waals surface area contributed by atoms with Crippen molar-refractivity contribution in [1.82, 2.24) is 25.6 Å². The first-order valence-electron chi connectivity index (χ1n) is 5.52. The largest absolute Gasteiger partial charge is 0.338 e. The van der Waals surface area contributed by atoms with E-state index in [1.807, 2.05) is 6.92 Å². The highest BCUT2D eigenvalue weighted by molar-refractivity contribution is 5.74. The van der Waals surface area contributed by atoms with E-state index >= 15 is 0 Å². The summed E-state index contributed by atoms with van der Waals surface area (Å²) >= 11 is 0. The Morgan fingerprint density at radius 2 is 2.00 bits per heavy atom. The summed E-state index contributed by atoms with van der Waals surface area (Å²) in [5, 5.41) is 13.7. The molecule has 1 heterocycles. The monoisotopic (exact) mass is 225 g/mol. The minimum Gasteiger partial charge on any atom is -0.338 e. The van der Waals surface area contributed by atoms with Gasteiger partial charge in [-0.1, -0.05) is 13.8 Å². The summed E-state index contributed by atoms with van der Waals surface area (Å²) in [5.41, 5.74) is 0. The molecule has 0 bridgehead atoms. The molecule has 0 radical (unpaired) electrons. The van der Waals surface area contributed by atoms with Crippen molar-refractivity contribution in [2.75, 3.05) is 6.54 Å². The first kappa shape index (κ1) is 12.5. The summed E-state index contributed by atoms with van der Waals surface area (Å²) in [6, 6.07) is -0.118. The molecule has 6 nitrogen and oxygen atoms in total. The van der Waals surface area contributed by atoms with Gasteiger partial charge in [0.25, 0.3) is 0 Å². The average molecular weight is 225 g/mol. The van der Waals surface area contributed by atoms with E-state index in [1.165, 1.54) is 0 Å². The fourth-order valence-corrected chi connectivity index (χ4v) is 1.32. The molecule has 0 aliphatic carbocycles. The number of hydrogen-bond donors (Lipinski definition) is 2. The fourth-order valence-electron chi connectivity index (χ4n) is 1.32. The Bertz CT molecular complexity index is 309. The number of rotatable bonds is 5. The maximum Gasteiger partial charge on any atom is 0.315 e. The zero-order chi connectivity index (χ0) is 12.0. The first-order chi connectivity index (χ1) is 7.63. The lowest BCUT2D eigenvalue weighted by Crippen LogP contribution is -2.46. The van der Waals surface area contributed by atoms with Gasteiger partial charge in [-0.05, 0) is 12.8 Å². The van der Waals surface area contributed by atoms with E-state index in [9.17, 15) is 4.79 Å². The zero-order valence-corrected chi connectivity index (χ0v) is 9.97. The van der Waals surface area contributed by atoms with Gasteiger partial charge in [0.1, 0.15) is 0 Å². The van der Waals surface area contributed by atoms with Crippen LogP contribution in [0.3, 0.4) is 0 Å². The molecule has 0 fully saturated rings. The highest BCUT2D eigenvalue weighted by Gasteiger charge is 2.16. The van der Waals surface area contributed by atoms with Gasteiger partial charge >= 0.3 is 6.03 Å². The van der Waals surface area contributed by atoms with Crippen LogP contribution in [0.1, 0.15) is 20.8 Å². The van der Waals surface area contributed by atoms with E-state index in [-0.39, 0.29) is 12.1 Å². The normalized spacial score (nSPS) is 12.5. The van der Waals surface area contributed by atoms with Gasteiger partial charge in [-0.3, -0.25) is 0 Å². The summed E-state index contributed by atoms with van der Waals surface area (Å²) in [5.74, 6) is 0.327. The molecule has 16 heavy (non-hydrogen) atoms. The molecule has 0 saturated heterocycles. The third-order valence-corrected chi connectivity index (χ3v) is 2.29. The van der Waals surface area contributed by atoms with Gasteiger partial charge in [-0.25, -0.2) is 4.79 Å². The quantitative estimate of drug-likeness (QED) is 0.771. The maximum atomic E-state index is 11.4. The Balaban J connectivity index is 2.51. The van der Waals surface area contributed by atoms with Gasteiger partial charge < -0.3 is 10.6 Å². The third-order valence-electron chi connectivity index (χ3n) is 2.29. The second-order valence-electron chi connectivity index (χ2n) is 3.94. The predicted octanol–water partition coefficient (Wildman–Crippen LogP) is 0.622. The van der Waals surface area contributed by atoms with Crippen molar-refractivity contribution >= 4 is 6.03 Å². The maximum absolute atomic E-state index is 11.4. The minimum atomic E-state index is -0.145. The Morgan fingerprint density at radius 3 is 2.50 bits per heavy atom. The van der Waals surface area contributed by atoms with Crippen LogP contribution in [0.5, 0.6) is 0 Å². The van der Waals surface area contributed by atoms with E-state index in [4.69, 9.17) is 0 Å². The van der Waals surface area contributed by atoms with Crippen LogP contribution in [-0.2, 0) is 6.54 Å². The van der Waals surface area contributed by atoms with Gasteiger partial charge in [-0.15, -0.1) is 0 Å². The number of aromatic nitrogens is 3. The molecule has 2 amide bonds. The van der Waals surface area contributed by atoms with Crippen molar-refractivity contribution in [2.24, 2.45) is 5.92 Å². The highest BCUT2D eigenvalue weighted by Crippen LogP contribution is 2.03. The first-order valence-corrected chi connectivity index (χ1v) is 5.52. The Kier molecular flexibility index (Phi) is 4.75. The van der Waals surface area contributed by atoms with Crippen LogP contribution in [-0.4, -0.2) is 33.6 Å². The second kappa shape index (κ2) is 6.09. The molecule has 2 N–H and O–H groups in total. The van der Waals surface area contributed by atoms with Gasteiger partial charge in [0.05, 0.1) is 25.0 Å². The smallest absolute Gasteiger partial charge is 0.315 e. The molecular formula is C10H19N5O. The number of nitrogens with one attached hydrogen (secondary N) is 2. The Morgan fingerprint density at radius 1 is 1.38 bits per heavy atom. The second-order valence-corrected chi connectivity index (χ2v) is 3.94. The molecule has 1 aromatic heterocycles.